The van der Waals surface area contributed by atoms with E-state index in [1.807, 2.05) is 6.07 Å². The summed E-state index contributed by atoms with van der Waals surface area (Å²) in [5, 5.41) is 7.37. The summed E-state index contributed by atoms with van der Waals surface area (Å²) in [6, 6.07) is 20.1. The van der Waals surface area contributed by atoms with Crippen molar-refractivity contribution in [2.75, 3.05) is 7.11 Å². The van der Waals surface area contributed by atoms with Crippen molar-refractivity contribution in [3.8, 4) is 5.75 Å². The lowest BCUT2D eigenvalue weighted by molar-refractivity contribution is 0.420. The minimum Gasteiger partial charge on any atom is -0.496 e. The lowest BCUT2D eigenvalue weighted by Gasteiger charge is -2.13. The predicted octanol–water partition coefficient (Wildman–Crippen LogP) is 4.39. The summed E-state index contributed by atoms with van der Waals surface area (Å²) in [5.41, 5.74) is 0. The van der Waals surface area contributed by atoms with Gasteiger partial charge in [0.05, 0.1) is 7.11 Å². The van der Waals surface area contributed by atoms with Crippen molar-refractivity contribution in [1.82, 2.24) is 0 Å². The average Bonchev–Trinajstić information content (AvgIpc) is 2.44. The molecule has 0 saturated heterocycles. The van der Waals surface area contributed by atoms with E-state index in [4.69, 9.17) is 4.74 Å². The highest BCUT2D eigenvalue weighted by atomic mass is 16.5. The summed E-state index contributed by atoms with van der Waals surface area (Å²) >= 11 is 0. The number of hydrogen-bond acceptors (Lipinski definition) is 1. The van der Waals surface area contributed by atoms with Gasteiger partial charge >= 0.3 is 0 Å². The molecule has 0 unspecified atom stereocenters. The highest BCUT2D eigenvalue weighted by Gasteiger charge is 2.11. The maximum absolute atomic E-state index is 5.52. The molecule has 0 spiro atoms. The van der Waals surface area contributed by atoms with E-state index >= 15 is 0 Å². The zero-order chi connectivity index (χ0) is 12.1. The smallest absolute Gasteiger partial charge is 0.127 e. The molecule has 0 heterocycles. The monoisotopic (exact) mass is 231 g/mol. The molecule has 0 N–H and O–H groups in total. The highest BCUT2D eigenvalue weighted by Crippen LogP contribution is 2.38. The number of rotatable bonds is 1. The first kappa shape index (κ1) is 9.72. The Kier molecular flexibility index (Phi) is 1.81. The van der Waals surface area contributed by atoms with Gasteiger partial charge in [-0.3, -0.25) is 0 Å². The molecule has 85 valence electrons. The lowest BCUT2D eigenvalue weighted by Crippen LogP contribution is -1.89. The molecule has 0 aliphatic carbocycles. The van der Waals surface area contributed by atoms with Gasteiger partial charge in [-0.25, -0.2) is 0 Å². The third kappa shape index (κ3) is 1.11. The molecule has 0 fully saturated rings. The normalized spacial score (nSPS) is 11.6. The van der Waals surface area contributed by atoms with E-state index in [1.165, 1.54) is 21.5 Å². The molecule has 0 saturated carbocycles. The third-order valence-electron chi connectivity index (χ3n) is 3.61. The molecule has 4 aromatic rings. The summed E-state index contributed by atoms with van der Waals surface area (Å²) in [6.07, 6.45) is 0. The molecule has 1 nitrogen and oxygen atoms in total. The first-order valence-electron chi connectivity index (χ1n) is 6.01. The molecule has 1 radical (unpaired) electrons. The van der Waals surface area contributed by atoms with Crippen molar-refractivity contribution >= 4 is 32.3 Å². The number of ether oxygens (including phenoxy) is 1. The van der Waals surface area contributed by atoms with Gasteiger partial charge in [0.15, 0.2) is 0 Å². The van der Waals surface area contributed by atoms with Gasteiger partial charge < -0.3 is 4.74 Å². The Balaban J connectivity index is 2.43. The molecule has 18 heavy (non-hydrogen) atoms. The van der Waals surface area contributed by atoms with Crippen LogP contribution in [-0.4, -0.2) is 7.11 Å². The van der Waals surface area contributed by atoms with Crippen LogP contribution in [0.2, 0.25) is 0 Å². The van der Waals surface area contributed by atoms with Gasteiger partial charge in [-0.15, -0.1) is 0 Å². The van der Waals surface area contributed by atoms with Crippen LogP contribution in [0.4, 0.5) is 0 Å². The predicted molar refractivity (Wildman–Crippen MR) is 75.5 cm³/mol. The second-order valence-corrected chi connectivity index (χ2v) is 4.54. The molecule has 0 amide bonds. The van der Waals surface area contributed by atoms with Crippen molar-refractivity contribution in [2.45, 2.75) is 0 Å². The van der Waals surface area contributed by atoms with Crippen LogP contribution in [0.3, 0.4) is 0 Å². The van der Waals surface area contributed by atoms with E-state index in [9.17, 15) is 0 Å². The van der Waals surface area contributed by atoms with Crippen molar-refractivity contribution in [3.63, 3.8) is 0 Å². The fourth-order valence-electron chi connectivity index (χ4n) is 2.82. The maximum atomic E-state index is 5.52. The highest BCUT2D eigenvalue weighted by molar-refractivity contribution is 6.24. The van der Waals surface area contributed by atoms with Crippen molar-refractivity contribution in [1.29, 1.82) is 0 Å². The fourth-order valence-corrected chi connectivity index (χ4v) is 2.82. The third-order valence-corrected chi connectivity index (χ3v) is 3.61. The Labute approximate surface area is 105 Å². The van der Waals surface area contributed by atoms with Gasteiger partial charge in [0.2, 0.25) is 0 Å². The number of hydrogen-bond donors (Lipinski definition) is 0. The van der Waals surface area contributed by atoms with Gasteiger partial charge in [-0.1, -0.05) is 36.4 Å². The molecule has 0 aromatic heterocycles. The van der Waals surface area contributed by atoms with Gasteiger partial charge in [0.25, 0.3) is 0 Å². The van der Waals surface area contributed by atoms with E-state index in [0.717, 1.165) is 16.5 Å². The van der Waals surface area contributed by atoms with Crippen LogP contribution in [-0.2, 0) is 0 Å². The number of methoxy groups -OCH3 is 1. The average molecular weight is 231 g/mol. The first-order chi connectivity index (χ1) is 8.88. The second-order valence-electron chi connectivity index (χ2n) is 4.54. The summed E-state index contributed by atoms with van der Waals surface area (Å²) in [6.45, 7) is 0. The van der Waals surface area contributed by atoms with E-state index in [0.29, 0.717) is 0 Å². The second kappa shape index (κ2) is 3.36. The van der Waals surface area contributed by atoms with Crippen LogP contribution in [0, 0.1) is 6.07 Å². The van der Waals surface area contributed by atoms with Crippen LogP contribution in [0.1, 0.15) is 0 Å². The van der Waals surface area contributed by atoms with Gasteiger partial charge in [-0.05, 0) is 39.7 Å². The Hall–Kier alpha value is -2.28. The summed E-state index contributed by atoms with van der Waals surface area (Å²) in [4.78, 5) is 0. The van der Waals surface area contributed by atoms with Crippen molar-refractivity contribution in [2.24, 2.45) is 0 Å². The molecule has 0 atom stereocenters. The topological polar surface area (TPSA) is 9.23 Å². The standard InChI is InChI=1S/C17H11O/c1-18-15-10-13-6-2-4-11-8-9-12-5-3-7-14(15)17(12)16(11)13/h2-4,6-10H,1H3. The van der Waals surface area contributed by atoms with Crippen molar-refractivity contribution in [3.05, 3.63) is 54.6 Å². The minimum atomic E-state index is 0.931. The lowest BCUT2D eigenvalue weighted by atomic mass is 9.94. The molecule has 1 heteroatoms. The number of benzene rings is 4. The fraction of sp³-hybridized carbons (Fsp3) is 0.0588. The first-order valence-corrected chi connectivity index (χ1v) is 6.01. The van der Waals surface area contributed by atoms with E-state index in [-0.39, 0.29) is 0 Å². The van der Waals surface area contributed by atoms with Gasteiger partial charge in [-0.2, -0.15) is 0 Å². The van der Waals surface area contributed by atoms with Crippen LogP contribution < -0.4 is 4.74 Å². The van der Waals surface area contributed by atoms with E-state index < -0.39 is 0 Å². The summed E-state index contributed by atoms with van der Waals surface area (Å²) in [5.74, 6) is 0.931. The van der Waals surface area contributed by atoms with Crippen LogP contribution in [0.5, 0.6) is 5.75 Å². The van der Waals surface area contributed by atoms with Crippen LogP contribution >= 0.6 is 0 Å². The molecule has 0 aliphatic rings. The largest absolute Gasteiger partial charge is 0.496 e. The quantitative estimate of drug-likeness (QED) is 0.441. The summed E-state index contributed by atoms with van der Waals surface area (Å²) in [7, 11) is 1.72. The SMILES string of the molecule is COc1cc2cccc3ccc4[c]ccc1c4c32. The Morgan fingerprint density at radius 3 is 2.72 bits per heavy atom. The Morgan fingerprint density at radius 1 is 0.944 bits per heavy atom. The Morgan fingerprint density at radius 2 is 1.83 bits per heavy atom. The Bertz CT molecular complexity index is 861. The molecule has 4 rings (SSSR count). The maximum Gasteiger partial charge on any atom is 0.127 e. The molecule has 0 bridgehead atoms. The van der Waals surface area contributed by atoms with E-state index in [2.05, 4.69) is 48.5 Å². The zero-order valence-corrected chi connectivity index (χ0v) is 10.0. The zero-order valence-electron chi connectivity index (χ0n) is 10.0. The summed E-state index contributed by atoms with van der Waals surface area (Å²) < 4.78 is 5.52. The van der Waals surface area contributed by atoms with Crippen molar-refractivity contribution < 1.29 is 4.74 Å². The molecular formula is C17H11O. The molecular weight excluding hydrogens is 220 g/mol. The van der Waals surface area contributed by atoms with Crippen LogP contribution in [0.25, 0.3) is 32.3 Å². The van der Waals surface area contributed by atoms with E-state index in [1.54, 1.807) is 7.11 Å². The van der Waals surface area contributed by atoms with Gasteiger partial charge in [0, 0.05) is 10.8 Å². The van der Waals surface area contributed by atoms with Crippen LogP contribution in [0.15, 0.2) is 48.5 Å². The minimum absolute atomic E-state index is 0.931. The molecule has 4 aromatic carbocycles. The molecule has 0 aliphatic heterocycles. The van der Waals surface area contributed by atoms with Gasteiger partial charge in [0.1, 0.15) is 5.75 Å².